The van der Waals surface area contributed by atoms with Gasteiger partial charge in [-0.25, -0.2) is 4.79 Å². The molecule has 3 aromatic rings. The second-order valence-electron chi connectivity index (χ2n) is 10.3. The third-order valence-electron chi connectivity index (χ3n) is 7.07. The van der Waals surface area contributed by atoms with Gasteiger partial charge in [-0.2, -0.15) is 0 Å². The van der Waals surface area contributed by atoms with E-state index >= 15 is 0 Å². The summed E-state index contributed by atoms with van der Waals surface area (Å²) in [5.74, 6) is 1.03. The summed E-state index contributed by atoms with van der Waals surface area (Å²) in [5.41, 5.74) is 5.92. The first-order valence-electron chi connectivity index (χ1n) is 13.5. The molecule has 3 amide bonds. The number of hydrogen-bond acceptors (Lipinski definition) is 5. The van der Waals surface area contributed by atoms with Gasteiger partial charge in [0.1, 0.15) is 5.75 Å². The summed E-state index contributed by atoms with van der Waals surface area (Å²) in [6.45, 7) is 11.8. The first-order valence-corrected chi connectivity index (χ1v) is 13.5. The van der Waals surface area contributed by atoms with Crippen molar-refractivity contribution in [3.05, 3.63) is 77.4 Å². The van der Waals surface area contributed by atoms with Crippen molar-refractivity contribution < 1.29 is 14.3 Å². The summed E-state index contributed by atoms with van der Waals surface area (Å²) in [6.07, 6.45) is 0. The first kappa shape index (κ1) is 27.8. The van der Waals surface area contributed by atoms with E-state index in [1.54, 1.807) is 13.2 Å². The minimum absolute atomic E-state index is 0.149. The Kier molecular flexibility index (Phi) is 8.96. The summed E-state index contributed by atoms with van der Waals surface area (Å²) < 4.78 is 5.55. The predicted octanol–water partition coefficient (Wildman–Crippen LogP) is 5.67. The van der Waals surface area contributed by atoms with E-state index in [0.717, 1.165) is 60.1 Å². The molecule has 0 atom stereocenters. The van der Waals surface area contributed by atoms with Crippen LogP contribution in [0, 0.1) is 19.8 Å². The lowest BCUT2D eigenvalue weighted by atomic mass is 10.1. The minimum atomic E-state index is -0.351. The Morgan fingerprint density at radius 3 is 2.26 bits per heavy atom. The van der Waals surface area contributed by atoms with Crippen molar-refractivity contribution in [3.8, 4) is 5.75 Å². The monoisotopic (exact) mass is 529 g/mol. The Morgan fingerprint density at radius 2 is 1.56 bits per heavy atom. The van der Waals surface area contributed by atoms with Crippen molar-refractivity contribution in [1.29, 1.82) is 0 Å². The first-order chi connectivity index (χ1) is 18.8. The molecule has 0 radical (unpaired) electrons. The lowest BCUT2D eigenvalue weighted by Crippen LogP contribution is -2.47. The SMILES string of the molecule is COc1ccccc1N1CCN(c2ccc(NC(=O)Nc3cccc(C)c3C)cc2C(=O)NCC(C)C)CC1. The molecule has 1 aliphatic heterocycles. The van der Waals surface area contributed by atoms with Crippen molar-refractivity contribution in [2.24, 2.45) is 5.92 Å². The van der Waals surface area contributed by atoms with Gasteiger partial charge < -0.3 is 30.5 Å². The molecular formula is C31H39N5O3. The van der Waals surface area contributed by atoms with Gasteiger partial charge in [-0.1, -0.05) is 38.1 Å². The van der Waals surface area contributed by atoms with E-state index in [4.69, 9.17) is 4.74 Å². The number of piperazine rings is 1. The number of urea groups is 1. The van der Waals surface area contributed by atoms with Gasteiger partial charge in [-0.3, -0.25) is 4.79 Å². The molecule has 0 aliphatic carbocycles. The van der Waals surface area contributed by atoms with E-state index in [9.17, 15) is 9.59 Å². The number of nitrogens with one attached hydrogen (secondary N) is 3. The summed E-state index contributed by atoms with van der Waals surface area (Å²) in [4.78, 5) is 30.6. The highest BCUT2D eigenvalue weighted by molar-refractivity contribution is 6.04. The smallest absolute Gasteiger partial charge is 0.323 e. The highest BCUT2D eigenvalue weighted by atomic mass is 16.5. The molecule has 206 valence electrons. The molecule has 1 saturated heterocycles. The van der Waals surface area contributed by atoms with Crippen LogP contribution in [0.15, 0.2) is 60.7 Å². The zero-order valence-electron chi connectivity index (χ0n) is 23.5. The summed E-state index contributed by atoms with van der Waals surface area (Å²) >= 11 is 0. The zero-order chi connectivity index (χ0) is 27.9. The molecule has 8 heteroatoms. The van der Waals surface area contributed by atoms with E-state index in [1.165, 1.54) is 0 Å². The summed E-state index contributed by atoms with van der Waals surface area (Å²) in [7, 11) is 1.69. The molecular weight excluding hydrogens is 490 g/mol. The van der Waals surface area contributed by atoms with Crippen LogP contribution in [0.5, 0.6) is 5.75 Å². The van der Waals surface area contributed by atoms with Gasteiger partial charge in [0, 0.05) is 49.8 Å². The van der Waals surface area contributed by atoms with Crippen LogP contribution < -0.4 is 30.5 Å². The van der Waals surface area contributed by atoms with E-state index < -0.39 is 0 Å². The average molecular weight is 530 g/mol. The van der Waals surface area contributed by atoms with Gasteiger partial charge in [0.15, 0.2) is 0 Å². The number of amides is 3. The molecule has 0 saturated carbocycles. The maximum atomic E-state index is 13.3. The van der Waals surface area contributed by atoms with Gasteiger partial charge in [0.25, 0.3) is 5.91 Å². The van der Waals surface area contributed by atoms with Gasteiger partial charge >= 0.3 is 6.03 Å². The van der Waals surface area contributed by atoms with Crippen molar-refractivity contribution in [2.75, 3.05) is 60.3 Å². The normalized spacial score (nSPS) is 13.3. The molecule has 8 nitrogen and oxygen atoms in total. The van der Waals surface area contributed by atoms with Crippen molar-refractivity contribution in [1.82, 2.24) is 5.32 Å². The molecule has 0 unspecified atom stereocenters. The maximum Gasteiger partial charge on any atom is 0.323 e. The number of anilines is 4. The lowest BCUT2D eigenvalue weighted by Gasteiger charge is -2.38. The minimum Gasteiger partial charge on any atom is -0.495 e. The molecule has 39 heavy (non-hydrogen) atoms. The molecule has 0 aromatic heterocycles. The van der Waals surface area contributed by atoms with Crippen LogP contribution in [0.4, 0.5) is 27.5 Å². The number of benzene rings is 3. The van der Waals surface area contributed by atoms with E-state index in [0.29, 0.717) is 23.7 Å². The Balaban J connectivity index is 1.52. The molecule has 1 fully saturated rings. The Bertz CT molecular complexity index is 1320. The lowest BCUT2D eigenvalue weighted by molar-refractivity contribution is 0.0949. The predicted molar refractivity (Wildman–Crippen MR) is 160 cm³/mol. The van der Waals surface area contributed by atoms with Gasteiger partial charge in [0.2, 0.25) is 0 Å². The third-order valence-corrected chi connectivity index (χ3v) is 7.07. The molecule has 0 spiro atoms. The number of carbonyl (C=O) groups excluding carboxylic acids is 2. The molecule has 1 heterocycles. The number of hydrogen-bond donors (Lipinski definition) is 3. The van der Waals surface area contributed by atoms with E-state index in [1.807, 2.05) is 62.4 Å². The van der Waals surface area contributed by atoms with Crippen LogP contribution in [0.1, 0.15) is 35.3 Å². The van der Waals surface area contributed by atoms with Crippen LogP contribution in [0.3, 0.4) is 0 Å². The van der Waals surface area contributed by atoms with Crippen LogP contribution in [0.2, 0.25) is 0 Å². The standard InChI is InChI=1S/C31H39N5O3/c1-21(2)20-32-30(37)25-19-24(33-31(38)34-26-10-8-9-22(3)23(26)4)13-14-27(25)35-15-17-36(18-16-35)28-11-6-7-12-29(28)39-5/h6-14,19,21H,15-18,20H2,1-5H3,(H,32,37)(H2,33,34,38). The van der Waals surface area contributed by atoms with Crippen LogP contribution >= 0.6 is 0 Å². The van der Waals surface area contributed by atoms with Crippen molar-refractivity contribution >= 4 is 34.7 Å². The van der Waals surface area contributed by atoms with Gasteiger partial charge in [-0.15, -0.1) is 0 Å². The Labute approximate surface area is 231 Å². The Hall–Kier alpha value is -4.20. The second kappa shape index (κ2) is 12.6. The second-order valence-corrected chi connectivity index (χ2v) is 10.3. The fourth-order valence-electron chi connectivity index (χ4n) is 4.71. The fourth-order valence-corrected chi connectivity index (χ4v) is 4.71. The highest BCUT2D eigenvalue weighted by Crippen LogP contribution is 2.31. The number of ether oxygens (including phenoxy) is 1. The number of carbonyl (C=O) groups is 2. The molecule has 3 aromatic carbocycles. The number of aryl methyl sites for hydroxylation is 1. The van der Waals surface area contributed by atoms with Crippen LogP contribution in [-0.4, -0.2) is 51.8 Å². The number of para-hydroxylation sites is 2. The number of methoxy groups -OCH3 is 1. The summed E-state index contributed by atoms with van der Waals surface area (Å²) in [6, 6.07) is 19.0. The largest absolute Gasteiger partial charge is 0.495 e. The van der Waals surface area contributed by atoms with Gasteiger partial charge in [-0.05, 0) is 67.3 Å². The molecule has 0 bridgehead atoms. The Morgan fingerprint density at radius 1 is 0.872 bits per heavy atom. The van der Waals surface area contributed by atoms with Crippen molar-refractivity contribution in [2.45, 2.75) is 27.7 Å². The highest BCUT2D eigenvalue weighted by Gasteiger charge is 2.24. The van der Waals surface area contributed by atoms with Crippen LogP contribution in [0.25, 0.3) is 0 Å². The maximum absolute atomic E-state index is 13.3. The number of nitrogens with zero attached hydrogens (tertiary/aromatic N) is 2. The third kappa shape index (κ3) is 6.82. The summed E-state index contributed by atoms with van der Waals surface area (Å²) in [5, 5.41) is 8.86. The topological polar surface area (TPSA) is 85.9 Å². The van der Waals surface area contributed by atoms with Gasteiger partial charge in [0.05, 0.1) is 18.4 Å². The quantitative estimate of drug-likeness (QED) is 0.350. The van der Waals surface area contributed by atoms with E-state index in [2.05, 4.69) is 45.7 Å². The molecule has 4 rings (SSSR count). The number of rotatable bonds is 8. The average Bonchev–Trinajstić information content (AvgIpc) is 2.94. The molecule has 3 N–H and O–H groups in total. The molecule has 1 aliphatic rings. The fraction of sp³-hybridized carbons (Fsp3) is 0.355. The zero-order valence-corrected chi connectivity index (χ0v) is 23.5. The van der Waals surface area contributed by atoms with Crippen LogP contribution in [-0.2, 0) is 0 Å². The van der Waals surface area contributed by atoms with Crippen molar-refractivity contribution in [3.63, 3.8) is 0 Å². The van der Waals surface area contributed by atoms with E-state index in [-0.39, 0.29) is 11.9 Å².